The molecule has 60 heavy (non-hydrogen) atoms. The van der Waals surface area contributed by atoms with Gasteiger partial charge in [0, 0.05) is 44.4 Å². The van der Waals surface area contributed by atoms with Crippen molar-refractivity contribution in [3.63, 3.8) is 0 Å². The van der Waals surface area contributed by atoms with Gasteiger partial charge in [-0.15, -0.1) is 11.3 Å². The second-order valence-electron chi connectivity index (χ2n) is 17.6. The van der Waals surface area contributed by atoms with E-state index in [1.54, 1.807) is 38.4 Å². The van der Waals surface area contributed by atoms with Crippen LogP contribution in [0.25, 0.3) is 0 Å². The van der Waals surface area contributed by atoms with Gasteiger partial charge in [0.15, 0.2) is 6.10 Å². The highest BCUT2D eigenvalue weighted by atomic mass is 32.1. The zero-order valence-electron chi connectivity index (χ0n) is 37.5. The first kappa shape index (κ1) is 50.2. The quantitative estimate of drug-likeness (QED) is 0.0524. The summed E-state index contributed by atoms with van der Waals surface area (Å²) in [5.74, 6) is -2.78. The number of aromatic nitrogens is 1. The number of ether oxygens (including phenoxy) is 1. The van der Waals surface area contributed by atoms with E-state index in [0.717, 1.165) is 50.0 Å². The highest BCUT2D eigenvalue weighted by Gasteiger charge is 2.39. The number of carbonyl (C=O) groups excluding carboxylic acids is 4. The number of rotatable bonds is 24. The van der Waals surface area contributed by atoms with Crippen LogP contribution in [0.1, 0.15) is 147 Å². The molecule has 0 unspecified atom stereocenters. The molecule has 3 amide bonds. The number of carboxylic acids is 1. The molecule has 1 aromatic carbocycles. The Hall–Kier alpha value is -4.11. The summed E-state index contributed by atoms with van der Waals surface area (Å²) in [7, 11) is 1.61. The van der Waals surface area contributed by atoms with Gasteiger partial charge in [-0.2, -0.15) is 0 Å². The molecule has 2 aromatic rings. The number of hydrogen-bond donors (Lipinski definition) is 5. The van der Waals surface area contributed by atoms with Crippen molar-refractivity contribution in [3.8, 4) is 0 Å². The largest absolute Gasteiger partial charge is 0.481 e. The summed E-state index contributed by atoms with van der Waals surface area (Å²) >= 11 is 1.15. The minimum absolute atomic E-state index is 0.0563. The molecule has 0 radical (unpaired) electrons. The molecule has 0 aliphatic carbocycles. The predicted molar refractivity (Wildman–Crippen MR) is 234 cm³/mol. The molecular formula is C45H71FN6O7S. The average molecular weight is 859 g/mol. The Kier molecular flexibility index (Phi) is 19.9. The highest BCUT2D eigenvalue weighted by Crippen LogP contribution is 2.32. The Labute approximate surface area is 360 Å². The third-order valence-electron chi connectivity index (χ3n) is 11.7. The van der Waals surface area contributed by atoms with Crippen LogP contribution in [0.2, 0.25) is 0 Å². The summed E-state index contributed by atoms with van der Waals surface area (Å²) < 4.78 is 20.6. The van der Waals surface area contributed by atoms with Gasteiger partial charge in [0.2, 0.25) is 11.8 Å². The Morgan fingerprint density at radius 2 is 1.82 bits per heavy atom. The van der Waals surface area contributed by atoms with Crippen molar-refractivity contribution in [1.82, 2.24) is 25.8 Å². The summed E-state index contributed by atoms with van der Waals surface area (Å²) in [6.07, 6.45) is 5.63. The van der Waals surface area contributed by atoms with Crippen LogP contribution in [0.3, 0.4) is 0 Å². The first-order valence-electron chi connectivity index (χ1n) is 21.8. The maximum atomic E-state index is 14.9. The fourth-order valence-electron chi connectivity index (χ4n) is 7.80. The number of aliphatic carboxylic acids is 1. The zero-order chi connectivity index (χ0) is 44.7. The van der Waals surface area contributed by atoms with Crippen molar-refractivity contribution in [1.29, 1.82) is 0 Å². The summed E-state index contributed by atoms with van der Waals surface area (Å²) in [6, 6.07) is 2.44. The fourth-order valence-corrected chi connectivity index (χ4v) is 8.64. The second kappa shape index (κ2) is 23.8. The van der Waals surface area contributed by atoms with E-state index in [9.17, 15) is 33.5 Å². The summed E-state index contributed by atoms with van der Waals surface area (Å²) in [5.41, 5.74) is -0.255. The molecule has 0 spiro atoms. The van der Waals surface area contributed by atoms with Gasteiger partial charge >= 0.3 is 11.9 Å². The molecule has 1 aliphatic rings. The number of carbonyl (C=O) groups is 5. The SMILES string of the molecule is CCCCCCN(C(=O)[C@@H](NC(=O)[C@H]1C[C@H](C)CCN1)[C@@H](C)CC)[C@H](C[C@@H](OC(C)=O)c1nc(C(=O)N[C@@H](Cc2ccc(NC)c(F)c2)CC(C)(C)C(=O)O)cs1)C(C)C. The van der Waals surface area contributed by atoms with Gasteiger partial charge in [-0.05, 0) is 87.9 Å². The first-order valence-corrected chi connectivity index (χ1v) is 22.7. The van der Waals surface area contributed by atoms with E-state index < -0.39 is 53.3 Å². The lowest BCUT2D eigenvalue weighted by Gasteiger charge is -2.40. The molecule has 336 valence electrons. The van der Waals surface area contributed by atoms with E-state index >= 15 is 0 Å². The Morgan fingerprint density at radius 3 is 2.40 bits per heavy atom. The van der Waals surface area contributed by atoms with Crippen molar-refractivity contribution in [2.24, 2.45) is 23.2 Å². The topological polar surface area (TPSA) is 179 Å². The minimum Gasteiger partial charge on any atom is -0.481 e. The molecule has 1 aromatic heterocycles. The van der Waals surface area contributed by atoms with Crippen molar-refractivity contribution in [2.45, 2.75) is 157 Å². The maximum Gasteiger partial charge on any atom is 0.309 e. The molecule has 1 saturated heterocycles. The van der Waals surface area contributed by atoms with Crippen molar-refractivity contribution < 1.29 is 38.2 Å². The minimum atomic E-state index is -1.21. The van der Waals surface area contributed by atoms with Crippen LogP contribution in [0.5, 0.6) is 0 Å². The van der Waals surface area contributed by atoms with E-state index in [0.29, 0.717) is 41.6 Å². The van der Waals surface area contributed by atoms with Crippen LogP contribution in [-0.4, -0.2) is 89.0 Å². The lowest BCUT2D eigenvalue weighted by Crippen LogP contribution is -2.59. The Bertz CT molecular complexity index is 1740. The predicted octanol–water partition coefficient (Wildman–Crippen LogP) is 7.51. The molecule has 1 aliphatic heterocycles. The van der Waals surface area contributed by atoms with E-state index in [1.165, 1.54) is 13.0 Å². The normalized spacial score (nSPS) is 18.1. The third kappa shape index (κ3) is 14.8. The Morgan fingerprint density at radius 1 is 1.10 bits per heavy atom. The molecule has 15 heteroatoms. The van der Waals surface area contributed by atoms with E-state index in [1.807, 2.05) is 32.6 Å². The third-order valence-corrected chi connectivity index (χ3v) is 12.7. The first-order chi connectivity index (χ1) is 28.3. The number of esters is 1. The average Bonchev–Trinajstić information content (AvgIpc) is 3.69. The monoisotopic (exact) mass is 859 g/mol. The molecule has 0 bridgehead atoms. The lowest BCUT2D eigenvalue weighted by molar-refractivity contribution is -0.150. The summed E-state index contributed by atoms with van der Waals surface area (Å²) in [6.45, 7) is 17.9. The number of benzene rings is 1. The lowest BCUT2D eigenvalue weighted by atomic mass is 9.84. The number of nitrogens with zero attached hydrogens (tertiary/aromatic N) is 2. The number of amides is 3. The van der Waals surface area contributed by atoms with Crippen LogP contribution >= 0.6 is 11.3 Å². The molecule has 0 saturated carbocycles. The smallest absolute Gasteiger partial charge is 0.309 e. The number of halogens is 1. The molecule has 5 N–H and O–H groups in total. The van der Waals surface area contributed by atoms with Crippen LogP contribution in [0, 0.1) is 29.0 Å². The van der Waals surface area contributed by atoms with E-state index in [4.69, 9.17) is 4.74 Å². The molecule has 13 nitrogen and oxygen atoms in total. The van der Waals surface area contributed by atoms with Gasteiger partial charge in [-0.25, -0.2) is 9.37 Å². The highest BCUT2D eigenvalue weighted by molar-refractivity contribution is 7.09. The fraction of sp³-hybridized carbons (Fsp3) is 0.689. The van der Waals surface area contributed by atoms with Crippen molar-refractivity contribution >= 4 is 46.7 Å². The van der Waals surface area contributed by atoms with E-state index in [2.05, 4.69) is 40.1 Å². The van der Waals surface area contributed by atoms with Gasteiger partial charge < -0.3 is 36.0 Å². The number of anilines is 1. The number of nitrogens with one attached hydrogen (secondary N) is 4. The van der Waals surface area contributed by atoms with Crippen LogP contribution in [0.4, 0.5) is 10.1 Å². The van der Waals surface area contributed by atoms with Crippen molar-refractivity contribution in [2.75, 3.05) is 25.5 Å². The molecule has 2 heterocycles. The van der Waals surface area contributed by atoms with Gasteiger partial charge in [0.05, 0.1) is 17.1 Å². The zero-order valence-corrected chi connectivity index (χ0v) is 38.3. The Balaban J connectivity index is 1.95. The number of piperidine rings is 1. The maximum absolute atomic E-state index is 14.9. The molecular weight excluding hydrogens is 788 g/mol. The van der Waals surface area contributed by atoms with Gasteiger partial charge in [-0.1, -0.05) is 73.3 Å². The number of hydrogen-bond acceptors (Lipinski definition) is 10. The van der Waals surface area contributed by atoms with Crippen LogP contribution < -0.4 is 21.3 Å². The number of carboxylic acid groups (broad SMARTS) is 1. The van der Waals surface area contributed by atoms with E-state index in [-0.39, 0.29) is 54.6 Å². The number of unbranched alkanes of at least 4 members (excludes halogenated alkanes) is 3. The molecule has 7 atom stereocenters. The van der Waals surface area contributed by atoms with Gasteiger partial charge in [-0.3, -0.25) is 24.0 Å². The van der Waals surface area contributed by atoms with Gasteiger partial charge in [0.25, 0.3) is 5.91 Å². The summed E-state index contributed by atoms with van der Waals surface area (Å²) in [4.78, 5) is 73.6. The van der Waals surface area contributed by atoms with Crippen molar-refractivity contribution in [3.05, 3.63) is 45.7 Å². The standard InChI is InChI=1S/C45H71FN6O7S/c1-11-13-14-15-20-52(43(56)39(29(6)12-2)51-40(54)35-21-28(5)18-19-48-35)37(27(3)4)24-38(59-30(7)53)42-50-36(26-60-42)41(55)49-32(25-45(8,9)44(57)58)22-31-16-17-34(47-10)33(46)23-31/h16-17,23,26-29,32,35,37-39,47-48H,11-15,18-22,24-25H2,1-10H3,(H,49,55)(H,51,54)(H,57,58)/t28-,29+,32+,35-,37-,38-,39+/m1/s1. The number of thiazole rings is 1. The summed E-state index contributed by atoms with van der Waals surface area (Å²) in [5, 5.41) is 24.0. The van der Waals surface area contributed by atoms with Crippen LogP contribution in [0.15, 0.2) is 23.6 Å². The molecule has 3 rings (SSSR count). The second-order valence-corrected chi connectivity index (χ2v) is 18.5. The molecule has 1 fully saturated rings. The van der Waals surface area contributed by atoms with Gasteiger partial charge in [0.1, 0.15) is 22.6 Å². The van der Waals surface area contributed by atoms with Crippen LogP contribution in [-0.2, 0) is 30.3 Å².